The molecular formula is C18H22O6. The first-order valence-corrected chi connectivity index (χ1v) is 7.35. The van der Waals surface area contributed by atoms with Crippen molar-refractivity contribution in [1.29, 1.82) is 0 Å². The van der Waals surface area contributed by atoms with Crippen molar-refractivity contribution in [2.75, 3.05) is 0 Å². The molecule has 2 unspecified atom stereocenters. The molecule has 1 aromatic carbocycles. The SMILES string of the molecule is C=C(C)C(=O)OC(C)Oc1cccc(OC(C)OC(=O)C(=C)C)c1. The minimum Gasteiger partial charge on any atom is -0.455 e. The summed E-state index contributed by atoms with van der Waals surface area (Å²) in [6.07, 6.45) is -1.58. The number of benzene rings is 1. The topological polar surface area (TPSA) is 71.1 Å². The van der Waals surface area contributed by atoms with Gasteiger partial charge in [0.1, 0.15) is 11.5 Å². The minimum absolute atomic E-state index is 0.288. The molecule has 6 nitrogen and oxygen atoms in total. The lowest BCUT2D eigenvalue weighted by molar-refractivity contribution is -0.156. The van der Waals surface area contributed by atoms with Crippen molar-refractivity contribution >= 4 is 11.9 Å². The Labute approximate surface area is 141 Å². The molecule has 0 aliphatic heterocycles. The molecule has 0 bridgehead atoms. The third-order valence-electron chi connectivity index (χ3n) is 2.65. The summed E-state index contributed by atoms with van der Waals surface area (Å²) in [5.41, 5.74) is 0.575. The number of carbonyl (C=O) groups is 2. The molecule has 0 fully saturated rings. The number of carbonyl (C=O) groups excluding carboxylic acids is 2. The molecule has 0 N–H and O–H groups in total. The van der Waals surface area contributed by atoms with E-state index in [1.165, 1.54) is 0 Å². The van der Waals surface area contributed by atoms with Crippen LogP contribution in [-0.2, 0) is 19.1 Å². The molecule has 130 valence electrons. The van der Waals surface area contributed by atoms with Gasteiger partial charge in [-0.1, -0.05) is 19.2 Å². The first-order chi connectivity index (χ1) is 11.2. The summed E-state index contributed by atoms with van der Waals surface area (Å²) in [5, 5.41) is 0. The normalized spacial score (nSPS) is 12.5. The molecule has 1 rings (SSSR count). The molecule has 0 aliphatic carbocycles. The van der Waals surface area contributed by atoms with Gasteiger partial charge in [-0.05, 0) is 26.0 Å². The second-order valence-corrected chi connectivity index (χ2v) is 5.22. The van der Waals surface area contributed by atoms with Crippen LogP contribution in [0.25, 0.3) is 0 Å². The van der Waals surface area contributed by atoms with Crippen LogP contribution in [0.3, 0.4) is 0 Å². The van der Waals surface area contributed by atoms with E-state index in [0.29, 0.717) is 11.5 Å². The molecule has 0 aromatic heterocycles. The number of rotatable bonds is 8. The van der Waals surface area contributed by atoms with Gasteiger partial charge in [-0.15, -0.1) is 0 Å². The molecule has 0 amide bonds. The molecule has 24 heavy (non-hydrogen) atoms. The fraction of sp³-hybridized carbons (Fsp3) is 0.333. The van der Waals surface area contributed by atoms with E-state index < -0.39 is 24.5 Å². The molecule has 2 atom stereocenters. The monoisotopic (exact) mass is 334 g/mol. The van der Waals surface area contributed by atoms with Crippen molar-refractivity contribution in [3.8, 4) is 11.5 Å². The van der Waals surface area contributed by atoms with E-state index in [0.717, 1.165) is 0 Å². The highest BCUT2D eigenvalue weighted by atomic mass is 16.7. The maximum absolute atomic E-state index is 11.4. The van der Waals surface area contributed by atoms with Gasteiger partial charge in [-0.25, -0.2) is 9.59 Å². The maximum Gasteiger partial charge on any atom is 0.336 e. The van der Waals surface area contributed by atoms with Crippen molar-refractivity contribution < 1.29 is 28.5 Å². The standard InChI is InChI=1S/C18H22O6/c1-11(2)17(19)23-13(5)21-15-8-7-9-16(10-15)22-14(6)24-18(20)12(3)4/h7-10,13-14H,1,3H2,2,4-6H3. The van der Waals surface area contributed by atoms with Crippen LogP contribution in [0.4, 0.5) is 0 Å². The van der Waals surface area contributed by atoms with Crippen LogP contribution in [0.5, 0.6) is 11.5 Å². The molecule has 1 aromatic rings. The van der Waals surface area contributed by atoms with Gasteiger partial charge in [0.2, 0.25) is 12.6 Å². The predicted octanol–water partition coefficient (Wildman–Crippen LogP) is 3.37. The van der Waals surface area contributed by atoms with E-state index in [-0.39, 0.29) is 11.1 Å². The van der Waals surface area contributed by atoms with E-state index in [4.69, 9.17) is 18.9 Å². The van der Waals surface area contributed by atoms with Gasteiger partial charge in [0.25, 0.3) is 0 Å². The Bertz CT molecular complexity index is 583. The Kier molecular flexibility index (Phi) is 7.04. The highest BCUT2D eigenvalue weighted by Crippen LogP contribution is 2.22. The van der Waals surface area contributed by atoms with Crippen molar-refractivity contribution in [1.82, 2.24) is 0 Å². The Balaban J connectivity index is 2.63. The van der Waals surface area contributed by atoms with Crippen molar-refractivity contribution in [2.45, 2.75) is 40.3 Å². The van der Waals surface area contributed by atoms with Gasteiger partial charge in [0.05, 0.1) is 0 Å². The molecule has 0 spiro atoms. The van der Waals surface area contributed by atoms with E-state index in [2.05, 4.69) is 13.2 Å². The Hall–Kier alpha value is -2.76. The van der Waals surface area contributed by atoms with Crippen LogP contribution in [0.1, 0.15) is 27.7 Å². The second-order valence-electron chi connectivity index (χ2n) is 5.22. The van der Waals surface area contributed by atoms with Crippen molar-refractivity contribution in [2.24, 2.45) is 0 Å². The summed E-state index contributed by atoms with van der Waals surface area (Å²) >= 11 is 0. The third-order valence-corrected chi connectivity index (χ3v) is 2.65. The lowest BCUT2D eigenvalue weighted by atomic mass is 10.3. The second kappa shape index (κ2) is 8.76. The summed E-state index contributed by atoms with van der Waals surface area (Å²) in [5.74, 6) is -0.189. The van der Waals surface area contributed by atoms with Crippen LogP contribution >= 0.6 is 0 Å². The average molecular weight is 334 g/mol. The van der Waals surface area contributed by atoms with Crippen LogP contribution < -0.4 is 9.47 Å². The summed E-state index contributed by atoms with van der Waals surface area (Å²) in [7, 11) is 0. The van der Waals surface area contributed by atoms with Crippen LogP contribution in [0.2, 0.25) is 0 Å². The van der Waals surface area contributed by atoms with Crippen molar-refractivity contribution in [3.63, 3.8) is 0 Å². The first kappa shape index (κ1) is 19.3. The van der Waals surface area contributed by atoms with E-state index in [9.17, 15) is 9.59 Å². The number of hydrogen-bond acceptors (Lipinski definition) is 6. The van der Waals surface area contributed by atoms with Gasteiger partial charge < -0.3 is 18.9 Å². The minimum atomic E-state index is -0.789. The van der Waals surface area contributed by atoms with Crippen LogP contribution in [0.15, 0.2) is 48.6 Å². The summed E-state index contributed by atoms with van der Waals surface area (Å²) in [6, 6.07) is 6.66. The molecule has 0 saturated carbocycles. The zero-order valence-electron chi connectivity index (χ0n) is 14.3. The van der Waals surface area contributed by atoms with Gasteiger partial charge in [0, 0.05) is 31.1 Å². The van der Waals surface area contributed by atoms with Crippen molar-refractivity contribution in [3.05, 3.63) is 48.6 Å². The smallest absolute Gasteiger partial charge is 0.336 e. The molecule has 0 radical (unpaired) electrons. The van der Waals surface area contributed by atoms with E-state index in [1.807, 2.05) is 0 Å². The highest BCUT2D eigenvalue weighted by Gasteiger charge is 2.14. The van der Waals surface area contributed by atoms with Gasteiger partial charge in [-0.2, -0.15) is 0 Å². The van der Waals surface area contributed by atoms with Gasteiger partial charge in [0.15, 0.2) is 0 Å². The fourth-order valence-corrected chi connectivity index (χ4v) is 1.55. The largest absolute Gasteiger partial charge is 0.455 e. The molecule has 0 aliphatic rings. The third kappa shape index (κ3) is 6.56. The van der Waals surface area contributed by atoms with Gasteiger partial charge in [-0.3, -0.25) is 0 Å². The Morgan fingerprint density at radius 3 is 1.58 bits per heavy atom. The quantitative estimate of drug-likeness (QED) is 0.412. The van der Waals surface area contributed by atoms with Crippen LogP contribution in [-0.4, -0.2) is 24.5 Å². The number of ether oxygens (including phenoxy) is 4. The van der Waals surface area contributed by atoms with Gasteiger partial charge >= 0.3 is 11.9 Å². The molecular weight excluding hydrogens is 312 g/mol. The Morgan fingerprint density at radius 2 is 1.25 bits per heavy atom. The maximum atomic E-state index is 11.4. The zero-order chi connectivity index (χ0) is 18.3. The summed E-state index contributed by atoms with van der Waals surface area (Å²) in [4.78, 5) is 22.9. The number of hydrogen-bond donors (Lipinski definition) is 0. The predicted molar refractivity (Wildman–Crippen MR) is 88.4 cm³/mol. The summed E-state index contributed by atoms with van der Waals surface area (Å²) < 4.78 is 21.1. The number of esters is 2. The molecule has 0 saturated heterocycles. The summed E-state index contributed by atoms with van der Waals surface area (Å²) in [6.45, 7) is 13.3. The molecule has 6 heteroatoms. The van der Waals surface area contributed by atoms with Crippen LogP contribution in [0, 0.1) is 0 Å². The van der Waals surface area contributed by atoms with E-state index >= 15 is 0 Å². The fourth-order valence-electron chi connectivity index (χ4n) is 1.55. The average Bonchev–Trinajstić information content (AvgIpc) is 2.46. The first-order valence-electron chi connectivity index (χ1n) is 7.35. The highest BCUT2D eigenvalue weighted by molar-refractivity contribution is 5.87. The molecule has 0 heterocycles. The zero-order valence-corrected chi connectivity index (χ0v) is 14.3. The Morgan fingerprint density at radius 1 is 0.875 bits per heavy atom. The van der Waals surface area contributed by atoms with E-state index in [1.54, 1.807) is 52.0 Å². The lowest BCUT2D eigenvalue weighted by Crippen LogP contribution is -2.22. The lowest BCUT2D eigenvalue weighted by Gasteiger charge is -2.18.